The second-order valence-electron chi connectivity index (χ2n) is 9.90. The molecule has 5 rings (SSSR count). The Morgan fingerprint density at radius 1 is 1.17 bits per heavy atom. The third kappa shape index (κ3) is 5.44. The number of ether oxygens (including phenoxy) is 1. The summed E-state index contributed by atoms with van der Waals surface area (Å²) in [5.74, 6) is 0.523. The van der Waals surface area contributed by atoms with Crippen LogP contribution >= 0.6 is 0 Å². The van der Waals surface area contributed by atoms with Crippen LogP contribution in [-0.2, 0) is 16.1 Å². The van der Waals surface area contributed by atoms with Gasteiger partial charge in [-0.2, -0.15) is 13.2 Å². The minimum atomic E-state index is -4.22. The Morgan fingerprint density at radius 2 is 1.92 bits per heavy atom. The number of anilines is 4. The standard InChI is InChI=1S/C26H32F3N5O2/c1-32(17-26(27,28)29)20-6-4-18(5-7-20)25(35)34-16-19-3-2-10-30-24(19)31-22-9-8-21(15-23(22)34)33-11-13-36-14-12-33/h2-3,8-10,15,18,20H,4-7,11-14,16-17H2,1H3,(H,30,31). The van der Waals surface area contributed by atoms with Crippen LogP contribution < -0.4 is 15.1 Å². The van der Waals surface area contributed by atoms with Crippen LogP contribution in [0.4, 0.5) is 36.1 Å². The third-order valence-electron chi connectivity index (χ3n) is 7.49. The summed E-state index contributed by atoms with van der Waals surface area (Å²) < 4.78 is 44.1. The molecule has 1 amide bonds. The van der Waals surface area contributed by atoms with Gasteiger partial charge in [-0.1, -0.05) is 6.07 Å². The maximum Gasteiger partial charge on any atom is 0.401 e. The number of hydrogen-bond acceptors (Lipinski definition) is 6. The van der Waals surface area contributed by atoms with Gasteiger partial charge in [0.15, 0.2) is 0 Å². The number of amides is 1. The number of pyridine rings is 1. The molecule has 0 radical (unpaired) electrons. The maximum absolute atomic E-state index is 13.9. The van der Waals surface area contributed by atoms with Gasteiger partial charge in [-0.15, -0.1) is 0 Å². The fraction of sp³-hybridized carbons (Fsp3) is 0.538. The van der Waals surface area contributed by atoms with Gasteiger partial charge in [0.05, 0.1) is 37.7 Å². The van der Waals surface area contributed by atoms with E-state index in [2.05, 4.69) is 27.3 Å². The van der Waals surface area contributed by atoms with Crippen molar-refractivity contribution in [1.29, 1.82) is 0 Å². The monoisotopic (exact) mass is 503 g/mol. The van der Waals surface area contributed by atoms with E-state index in [1.54, 1.807) is 6.20 Å². The Morgan fingerprint density at radius 3 is 2.64 bits per heavy atom. The van der Waals surface area contributed by atoms with Gasteiger partial charge in [0.1, 0.15) is 5.82 Å². The summed E-state index contributed by atoms with van der Waals surface area (Å²) >= 11 is 0. The molecule has 1 aromatic heterocycles. The van der Waals surface area contributed by atoms with E-state index in [1.807, 2.05) is 23.1 Å². The Balaban J connectivity index is 1.38. The van der Waals surface area contributed by atoms with Gasteiger partial charge in [0.25, 0.3) is 0 Å². The minimum Gasteiger partial charge on any atom is -0.378 e. The zero-order valence-corrected chi connectivity index (χ0v) is 20.4. The van der Waals surface area contributed by atoms with E-state index in [0.29, 0.717) is 45.4 Å². The van der Waals surface area contributed by atoms with Crippen LogP contribution in [0.5, 0.6) is 0 Å². The number of fused-ring (bicyclic) bond motifs is 2. The number of morpholine rings is 1. The number of carbonyl (C=O) groups excluding carboxylic acids is 1. The largest absolute Gasteiger partial charge is 0.401 e. The smallest absolute Gasteiger partial charge is 0.378 e. The van der Waals surface area contributed by atoms with Gasteiger partial charge in [0.2, 0.25) is 5.91 Å². The van der Waals surface area contributed by atoms with Crippen LogP contribution in [0.2, 0.25) is 0 Å². The summed E-state index contributed by atoms with van der Waals surface area (Å²) in [7, 11) is 1.52. The molecule has 2 fully saturated rings. The number of benzene rings is 1. The van der Waals surface area contributed by atoms with Gasteiger partial charge >= 0.3 is 6.18 Å². The average molecular weight is 504 g/mol. The zero-order chi connectivity index (χ0) is 25.3. The summed E-state index contributed by atoms with van der Waals surface area (Å²) in [6.45, 7) is 2.38. The van der Waals surface area contributed by atoms with Crippen LogP contribution in [0.15, 0.2) is 36.5 Å². The Bertz CT molecular complexity index is 1080. The van der Waals surface area contributed by atoms with Crippen molar-refractivity contribution in [2.75, 3.05) is 55.0 Å². The minimum absolute atomic E-state index is 0.0193. The van der Waals surface area contributed by atoms with Crippen molar-refractivity contribution in [1.82, 2.24) is 9.88 Å². The highest BCUT2D eigenvalue weighted by molar-refractivity contribution is 6.00. The molecular formula is C26H32F3N5O2. The Labute approximate surface area is 209 Å². The highest BCUT2D eigenvalue weighted by atomic mass is 19.4. The Hall–Kier alpha value is -2.85. The van der Waals surface area contributed by atoms with Crippen molar-refractivity contribution in [3.63, 3.8) is 0 Å². The molecule has 1 saturated carbocycles. The lowest BCUT2D eigenvalue weighted by Crippen LogP contribution is -2.43. The normalized spacial score (nSPS) is 22.5. The molecule has 1 N–H and O–H groups in total. The molecule has 0 atom stereocenters. The lowest BCUT2D eigenvalue weighted by Gasteiger charge is -2.36. The van der Waals surface area contributed by atoms with Crippen molar-refractivity contribution in [3.05, 3.63) is 42.1 Å². The quantitative estimate of drug-likeness (QED) is 0.660. The number of hydrogen-bond donors (Lipinski definition) is 1. The number of aromatic nitrogens is 1. The van der Waals surface area contributed by atoms with E-state index in [9.17, 15) is 18.0 Å². The van der Waals surface area contributed by atoms with Gasteiger partial charge in [-0.3, -0.25) is 9.69 Å². The van der Waals surface area contributed by atoms with Crippen LogP contribution in [-0.4, -0.2) is 67.9 Å². The number of nitrogens with one attached hydrogen (secondary N) is 1. The van der Waals surface area contributed by atoms with E-state index in [4.69, 9.17) is 4.74 Å². The van der Waals surface area contributed by atoms with Crippen molar-refractivity contribution in [2.24, 2.45) is 5.92 Å². The molecule has 0 bridgehead atoms. The number of rotatable bonds is 4. The molecule has 2 aliphatic heterocycles. The van der Waals surface area contributed by atoms with E-state index in [1.165, 1.54) is 11.9 Å². The number of halogens is 3. The predicted molar refractivity (Wildman–Crippen MR) is 133 cm³/mol. The van der Waals surface area contributed by atoms with Crippen molar-refractivity contribution < 1.29 is 22.7 Å². The molecule has 2 aromatic rings. The van der Waals surface area contributed by atoms with Gasteiger partial charge in [0, 0.05) is 42.5 Å². The second kappa shape index (κ2) is 10.3. The summed E-state index contributed by atoms with van der Waals surface area (Å²) in [4.78, 5) is 23.9. The predicted octanol–water partition coefficient (Wildman–Crippen LogP) is 4.56. The molecule has 0 unspecified atom stereocenters. The maximum atomic E-state index is 13.9. The van der Waals surface area contributed by atoms with E-state index in [-0.39, 0.29) is 17.9 Å². The first-order valence-corrected chi connectivity index (χ1v) is 12.5. The number of alkyl halides is 3. The highest BCUT2D eigenvalue weighted by Gasteiger charge is 2.37. The number of carbonyl (C=O) groups is 1. The van der Waals surface area contributed by atoms with Crippen LogP contribution in [0.25, 0.3) is 0 Å². The molecule has 3 aliphatic rings. The van der Waals surface area contributed by atoms with Gasteiger partial charge < -0.3 is 19.9 Å². The first-order chi connectivity index (χ1) is 17.3. The average Bonchev–Trinajstić information content (AvgIpc) is 3.04. The molecule has 36 heavy (non-hydrogen) atoms. The lowest BCUT2D eigenvalue weighted by atomic mass is 9.84. The highest BCUT2D eigenvalue weighted by Crippen LogP contribution is 2.40. The van der Waals surface area contributed by atoms with Crippen molar-refractivity contribution in [2.45, 2.75) is 44.4 Å². The fourth-order valence-corrected chi connectivity index (χ4v) is 5.52. The number of nitrogens with zero attached hydrogens (tertiary/aromatic N) is 4. The first kappa shape index (κ1) is 24.8. The van der Waals surface area contributed by atoms with Crippen LogP contribution in [0.1, 0.15) is 31.2 Å². The van der Waals surface area contributed by atoms with Gasteiger partial charge in [-0.25, -0.2) is 4.98 Å². The van der Waals surface area contributed by atoms with E-state index < -0.39 is 12.7 Å². The zero-order valence-electron chi connectivity index (χ0n) is 20.4. The van der Waals surface area contributed by atoms with E-state index >= 15 is 0 Å². The molecule has 1 saturated heterocycles. The SMILES string of the molecule is CN(CC(F)(F)F)C1CCC(C(=O)N2Cc3cccnc3Nc3ccc(N4CCOCC4)cc32)CC1. The molecule has 0 spiro atoms. The Kier molecular flexibility index (Phi) is 7.07. The molecule has 194 valence electrons. The molecule has 10 heteroatoms. The summed E-state index contributed by atoms with van der Waals surface area (Å²) in [5, 5.41) is 3.40. The van der Waals surface area contributed by atoms with Gasteiger partial charge in [-0.05, 0) is 57.0 Å². The van der Waals surface area contributed by atoms with Crippen LogP contribution in [0.3, 0.4) is 0 Å². The summed E-state index contributed by atoms with van der Waals surface area (Å²) in [6.07, 6.45) is -0.183. The second-order valence-corrected chi connectivity index (χ2v) is 9.90. The molecular weight excluding hydrogens is 471 g/mol. The summed E-state index contributed by atoms with van der Waals surface area (Å²) in [6, 6.07) is 9.77. The van der Waals surface area contributed by atoms with Crippen molar-refractivity contribution >= 4 is 28.8 Å². The molecule has 7 nitrogen and oxygen atoms in total. The topological polar surface area (TPSA) is 60.9 Å². The van der Waals surface area contributed by atoms with Crippen LogP contribution in [0, 0.1) is 5.92 Å². The fourth-order valence-electron chi connectivity index (χ4n) is 5.52. The lowest BCUT2D eigenvalue weighted by molar-refractivity contribution is -0.149. The van der Waals surface area contributed by atoms with Crippen molar-refractivity contribution in [3.8, 4) is 0 Å². The van der Waals surface area contributed by atoms with E-state index in [0.717, 1.165) is 41.5 Å². The summed E-state index contributed by atoms with van der Waals surface area (Å²) in [5.41, 5.74) is 3.58. The first-order valence-electron chi connectivity index (χ1n) is 12.5. The third-order valence-corrected chi connectivity index (χ3v) is 7.49. The molecule has 1 aromatic carbocycles. The molecule has 3 heterocycles. The molecule has 1 aliphatic carbocycles.